The van der Waals surface area contributed by atoms with Gasteiger partial charge in [-0.2, -0.15) is 0 Å². The zero-order valence-electron chi connectivity index (χ0n) is 15.3. The SMILES string of the molecule is CCOC(=O)c1ccc(Nc2ccc(C(=O)Nc3ccc(F)c(F)c3)nn2)cc1. The van der Waals surface area contributed by atoms with Crippen LogP contribution in [-0.4, -0.2) is 28.7 Å². The number of anilines is 3. The molecule has 3 aromatic rings. The minimum absolute atomic E-state index is 0.00191. The summed E-state index contributed by atoms with van der Waals surface area (Å²) in [5, 5.41) is 13.1. The summed E-state index contributed by atoms with van der Waals surface area (Å²) in [6.07, 6.45) is 0. The third-order valence-corrected chi connectivity index (χ3v) is 3.74. The lowest BCUT2D eigenvalue weighted by atomic mass is 10.2. The monoisotopic (exact) mass is 398 g/mol. The van der Waals surface area contributed by atoms with Gasteiger partial charge < -0.3 is 15.4 Å². The summed E-state index contributed by atoms with van der Waals surface area (Å²) in [5.41, 5.74) is 1.18. The largest absolute Gasteiger partial charge is 0.462 e. The predicted molar refractivity (Wildman–Crippen MR) is 102 cm³/mol. The van der Waals surface area contributed by atoms with Crippen molar-refractivity contribution in [1.29, 1.82) is 0 Å². The second kappa shape index (κ2) is 8.87. The number of nitrogens with one attached hydrogen (secondary N) is 2. The third-order valence-electron chi connectivity index (χ3n) is 3.74. The van der Waals surface area contributed by atoms with Crippen LogP contribution in [0, 0.1) is 11.6 Å². The van der Waals surface area contributed by atoms with Gasteiger partial charge in [-0.05, 0) is 55.5 Å². The maximum atomic E-state index is 13.2. The molecule has 2 aromatic carbocycles. The van der Waals surface area contributed by atoms with Crippen molar-refractivity contribution in [1.82, 2.24) is 10.2 Å². The number of amides is 1. The Morgan fingerprint density at radius 1 is 0.931 bits per heavy atom. The minimum Gasteiger partial charge on any atom is -0.462 e. The maximum Gasteiger partial charge on any atom is 0.338 e. The molecule has 148 valence electrons. The molecule has 0 aliphatic rings. The van der Waals surface area contributed by atoms with E-state index in [2.05, 4.69) is 20.8 Å². The predicted octanol–water partition coefficient (Wildman–Crippen LogP) is 3.93. The van der Waals surface area contributed by atoms with E-state index in [9.17, 15) is 18.4 Å². The van der Waals surface area contributed by atoms with Crippen LogP contribution in [0.3, 0.4) is 0 Å². The van der Waals surface area contributed by atoms with Gasteiger partial charge in [0.1, 0.15) is 0 Å². The molecule has 3 rings (SSSR count). The first-order valence-electron chi connectivity index (χ1n) is 8.60. The highest BCUT2D eigenvalue weighted by Gasteiger charge is 2.11. The number of hydrogen-bond acceptors (Lipinski definition) is 6. The van der Waals surface area contributed by atoms with E-state index in [4.69, 9.17) is 4.74 Å². The van der Waals surface area contributed by atoms with Crippen LogP contribution in [0.5, 0.6) is 0 Å². The van der Waals surface area contributed by atoms with Crippen LogP contribution in [0.15, 0.2) is 54.6 Å². The summed E-state index contributed by atoms with van der Waals surface area (Å²) in [6.45, 7) is 2.03. The van der Waals surface area contributed by atoms with Crippen molar-refractivity contribution in [2.24, 2.45) is 0 Å². The molecule has 0 fully saturated rings. The van der Waals surface area contributed by atoms with E-state index in [1.807, 2.05) is 0 Å². The van der Waals surface area contributed by atoms with Crippen molar-refractivity contribution < 1.29 is 23.1 Å². The molecule has 0 saturated heterocycles. The van der Waals surface area contributed by atoms with Gasteiger partial charge in [0.15, 0.2) is 23.1 Å². The molecule has 1 aromatic heterocycles. The average Bonchev–Trinajstić information content (AvgIpc) is 2.72. The number of hydrogen-bond donors (Lipinski definition) is 2. The lowest BCUT2D eigenvalue weighted by Gasteiger charge is -2.08. The molecule has 29 heavy (non-hydrogen) atoms. The van der Waals surface area contributed by atoms with Crippen LogP contribution in [0.2, 0.25) is 0 Å². The Kier molecular flexibility index (Phi) is 6.08. The molecule has 0 unspecified atom stereocenters. The van der Waals surface area contributed by atoms with E-state index in [1.165, 1.54) is 18.2 Å². The number of rotatable bonds is 6. The number of aromatic nitrogens is 2. The molecule has 2 N–H and O–H groups in total. The van der Waals surface area contributed by atoms with E-state index < -0.39 is 23.5 Å². The highest BCUT2D eigenvalue weighted by atomic mass is 19.2. The Balaban J connectivity index is 1.63. The Labute approximate surface area is 164 Å². The van der Waals surface area contributed by atoms with Gasteiger partial charge in [0.25, 0.3) is 5.91 Å². The van der Waals surface area contributed by atoms with Gasteiger partial charge in [-0.1, -0.05) is 0 Å². The number of carbonyl (C=O) groups excluding carboxylic acids is 2. The number of carbonyl (C=O) groups is 2. The van der Waals surface area contributed by atoms with Gasteiger partial charge in [-0.3, -0.25) is 4.79 Å². The van der Waals surface area contributed by atoms with Crippen molar-refractivity contribution >= 4 is 29.1 Å². The van der Waals surface area contributed by atoms with Crippen molar-refractivity contribution in [3.8, 4) is 0 Å². The molecule has 0 spiro atoms. The van der Waals surface area contributed by atoms with Gasteiger partial charge >= 0.3 is 5.97 Å². The number of benzene rings is 2. The lowest BCUT2D eigenvalue weighted by Crippen LogP contribution is -2.14. The Bertz CT molecular complexity index is 1020. The first-order chi connectivity index (χ1) is 14.0. The first-order valence-corrected chi connectivity index (χ1v) is 8.60. The number of esters is 1. The highest BCUT2D eigenvalue weighted by molar-refractivity contribution is 6.02. The van der Waals surface area contributed by atoms with Crippen LogP contribution in [0.25, 0.3) is 0 Å². The summed E-state index contributed by atoms with van der Waals surface area (Å²) < 4.78 is 31.1. The van der Waals surface area contributed by atoms with E-state index in [0.29, 0.717) is 23.7 Å². The van der Waals surface area contributed by atoms with E-state index in [1.54, 1.807) is 31.2 Å². The molecule has 0 bridgehead atoms. The molecule has 0 aliphatic carbocycles. The van der Waals surface area contributed by atoms with E-state index in [-0.39, 0.29) is 11.4 Å². The van der Waals surface area contributed by atoms with Crippen molar-refractivity contribution in [2.75, 3.05) is 17.2 Å². The number of ether oxygens (including phenoxy) is 1. The molecule has 9 heteroatoms. The molecule has 0 atom stereocenters. The molecule has 7 nitrogen and oxygen atoms in total. The second-order valence-electron chi connectivity index (χ2n) is 5.81. The highest BCUT2D eigenvalue weighted by Crippen LogP contribution is 2.17. The summed E-state index contributed by atoms with van der Waals surface area (Å²) in [6, 6.07) is 12.6. The van der Waals surface area contributed by atoms with Crippen molar-refractivity contribution in [3.63, 3.8) is 0 Å². The van der Waals surface area contributed by atoms with Gasteiger partial charge in [-0.25, -0.2) is 13.6 Å². The van der Waals surface area contributed by atoms with E-state index >= 15 is 0 Å². The summed E-state index contributed by atoms with van der Waals surface area (Å²) in [4.78, 5) is 23.8. The smallest absolute Gasteiger partial charge is 0.338 e. The zero-order chi connectivity index (χ0) is 20.8. The van der Waals surface area contributed by atoms with Gasteiger partial charge in [0.2, 0.25) is 0 Å². The minimum atomic E-state index is -1.07. The molecule has 0 aliphatic heterocycles. The Hall–Kier alpha value is -3.88. The van der Waals surface area contributed by atoms with E-state index in [0.717, 1.165) is 12.1 Å². The molecule has 1 amide bonds. The lowest BCUT2D eigenvalue weighted by molar-refractivity contribution is 0.0526. The summed E-state index contributed by atoms with van der Waals surface area (Å²) >= 11 is 0. The van der Waals surface area contributed by atoms with Gasteiger partial charge in [-0.15, -0.1) is 10.2 Å². The van der Waals surface area contributed by atoms with Crippen LogP contribution in [0.4, 0.5) is 26.0 Å². The fourth-order valence-corrected chi connectivity index (χ4v) is 2.34. The van der Waals surface area contributed by atoms with Gasteiger partial charge in [0.05, 0.1) is 12.2 Å². The maximum absolute atomic E-state index is 13.2. The zero-order valence-corrected chi connectivity index (χ0v) is 15.3. The van der Waals surface area contributed by atoms with Crippen molar-refractivity contribution in [3.05, 3.63) is 77.5 Å². The van der Waals surface area contributed by atoms with Crippen LogP contribution < -0.4 is 10.6 Å². The molecular weight excluding hydrogens is 382 g/mol. The molecule has 1 heterocycles. The Morgan fingerprint density at radius 3 is 2.28 bits per heavy atom. The summed E-state index contributed by atoms with van der Waals surface area (Å²) in [5.74, 6) is -2.72. The Morgan fingerprint density at radius 2 is 1.66 bits per heavy atom. The molecule has 0 radical (unpaired) electrons. The van der Waals surface area contributed by atoms with Crippen molar-refractivity contribution in [2.45, 2.75) is 6.92 Å². The average molecular weight is 398 g/mol. The number of halogens is 2. The standard InChI is InChI=1S/C20H16F2N4O3/c1-2-29-20(28)12-3-5-13(6-4-12)23-18-10-9-17(25-26-18)19(27)24-14-7-8-15(21)16(22)11-14/h3-11H,2H2,1H3,(H,23,26)(H,24,27). The van der Waals surface area contributed by atoms with Crippen LogP contribution in [0.1, 0.15) is 27.8 Å². The van der Waals surface area contributed by atoms with Crippen LogP contribution >= 0.6 is 0 Å². The normalized spacial score (nSPS) is 10.3. The first kappa shape index (κ1) is 19.9. The summed E-state index contributed by atoms with van der Waals surface area (Å²) in [7, 11) is 0. The quantitative estimate of drug-likeness (QED) is 0.611. The second-order valence-corrected chi connectivity index (χ2v) is 5.81. The molecular formula is C20H16F2N4O3. The fourth-order valence-electron chi connectivity index (χ4n) is 2.34. The fraction of sp³-hybridized carbons (Fsp3) is 0.100. The van der Waals surface area contributed by atoms with Crippen LogP contribution in [-0.2, 0) is 4.74 Å². The number of nitrogens with zero attached hydrogens (tertiary/aromatic N) is 2. The topological polar surface area (TPSA) is 93.2 Å². The molecule has 0 saturated carbocycles. The third kappa shape index (κ3) is 5.10. The van der Waals surface area contributed by atoms with Gasteiger partial charge in [0, 0.05) is 17.4 Å².